The molecule has 3 aromatic rings. The van der Waals surface area contributed by atoms with E-state index in [4.69, 9.17) is 0 Å². The van der Waals surface area contributed by atoms with Crippen LogP contribution >= 0.6 is 0 Å². The first-order chi connectivity index (χ1) is 11.6. The van der Waals surface area contributed by atoms with Crippen molar-refractivity contribution in [2.75, 3.05) is 0 Å². The number of hydrogen-bond donors (Lipinski definition) is 2. The second kappa shape index (κ2) is 5.67. The molecule has 0 spiro atoms. The van der Waals surface area contributed by atoms with Gasteiger partial charge in [-0.3, -0.25) is 14.9 Å². The van der Waals surface area contributed by atoms with Crippen LogP contribution in [0.3, 0.4) is 0 Å². The predicted octanol–water partition coefficient (Wildman–Crippen LogP) is 2.61. The molecule has 2 aromatic heterocycles. The van der Waals surface area contributed by atoms with Crippen molar-refractivity contribution in [3.8, 4) is 0 Å². The van der Waals surface area contributed by atoms with Gasteiger partial charge in [0.05, 0.1) is 12.1 Å². The van der Waals surface area contributed by atoms with Crippen LogP contribution in [0.15, 0.2) is 24.4 Å². The maximum Gasteiger partial charge on any atom is 0.253 e. The van der Waals surface area contributed by atoms with Crippen LogP contribution < -0.4 is 5.32 Å². The summed E-state index contributed by atoms with van der Waals surface area (Å²) in [5.41, 5.74) is 1.43. The lowest BCUT2D eigenvalue weighted by Crippen LogP contribution is -2.23. The number of halogens is 1. The molecule has 2 heterocycles. The van der Waals surface area contributed by atoms with Gasteiger partial charge >= 0.3 is 0 Å². The average Bonchev–Trinajstić information content (AvgIpc) is 3.30. The summed E-state index contributed by atoms with van der Waals surface area (Å²) < 4.78 is 13.8. The van der Waals surface area contributed by atoms with E-state index in [1.165, 1.54) is 12.3 Å². The molecule has 0 aliphatic heterocycles. The summed E-state index contributed by atoms with van der Waals surface area (Å²) in [5.74, 6) is 1.24. The Morgan fingerprint density at radius 3 is 3.00 bits per heavy atom. The van der Waals surface area contributed by atoms with Crippen molar-refractivity contribution in [2.24, 2.45) is 0 Å². The molecular formula is C17H16FN5O. The van der Waals surface area contributed by atoms with Gasteiger partial charge in [0.15, 0.2) is 5.82 Å². The highest BCUT2D eigenvalue weighted by molar-refractivity contribution is 5.97. The minimum absolute atomic E-state index is 0.263. The number of aryl methyl sites for hydroxylation is 1. The number of aromatic nitrogens is 4. The van der Waals surface area contributed by atoms with Crippen molar-refractivity contribution in [2.45, 2.75) is 32.2 Å². The number of aromatic amines is 1. The number of carbonyl (C=O) groups is 1. The molecule has 2 N–H and O–H groups in total. The maximum absolute atomic E-state index is 13.8. The van der Waals surface area contributed by atoms with Crippen LogP contribution in [0.2, 0.25) is 0 Å². The Kier molecular flexibility index (Phi) is 3.48. The molecule has 1 aromatic carbocycles. The van der Waals surface area contributed by atoms with Crippen LogP contribution in [0.25, 0.3) is 10.9 Å². The average molecular weight is 325 g/mol. The summed E-state index contributed by atoms with van der Waals surface area (Å²) in [6, 6.07) is 4.88. The minimum atomic E-state index is -0.383. The Morgan fingerprint density at radius 1 is 1.38 bits per heavy atom. The van der Waals surface area contributed by atoms with Crippen LogP contribution in [-0.2, 0) is 6.54 Å². The quantitative estimate of drug-likeness (QED) is 0.772. The number of H-pyrrole nitrogens is 1. The van der Waals surface area contributed by atoms with Gasteiger partial charge < -0.3 is 5.32 Å². The van der Waals surface area contributed by atoms with E-state index in [0.717, 1.165) is 24.2 Å². The van der Waals surface area contributed by atoms with Gasteiger partial charge in [0, 0.05) is 17.5 Å². The van der Waals surface area contributed by atoms with Gasteiger partial charge in [-0.1, -0.05) is 0 Å². The van der Waals surface area contributed by atoms with Crippen LogP contribution in [0.4, 0.5) is 4.39 Å². The number of hydrogen-bond acceptors (Lipinski definition) is 4. The standard InChI is InChI=1S/C17H16FN5O/c1-9-4-11-6-12(7-19-15(11)13(18)5-9)17(24)20-8-14-21-16(23-22-14)10-2-3-10/h4-7,10H,2-3,8H2,1H3,(H,20,24)(H,21,22,23). The summed E-state index contributed by atoms with van der Waals surface area (Å²) in [5, 5.41) is 10.4. The third kappa shape index (κ3) is 2.84. The maximum atomic E-state index is 13.8. The molecule has 122 valence electrons. The molecule has 0 radical (unpaired) electrons. The number of nitrogens with one attached hydrogen (secondary N) is 2. The molecule has 4 rings (SSSR count). The molecule has 7 heteroatoms. The van der Waals surface area contributed by atoms with Crippen molar-refractivity contribution in [3.63, 3.8) is 0 Å². The Labute approximate surface area is 137 Å². The second-order valence-electron chi connectivity index (χ2n) is 6.14. The van der Waals surface area contributed by atoms with E-state index in [2.05, 4.69) is 25.5 Å². The van der Waals surface area contributed by atoms with E-state index in [-0.39, 0.29) is 23.8 Å². The van der Waals surface area contributed by atoms with Crippen LogP contribution in [-0.4, -0.2) is 26.1 Å². The summed E-state index contributed by atoms with van der Waals surface area (Å²) in [6.45, 7) is 2.06. The third-order valence-electron chi connectivity index (χ3n) is 4.05. The van der Waals surface area contributed by atoms with E-state index in [0.29, 0.717) is 22.7 Å². The monoisotopic (exact) mass is 325 g/mol. The second-order valence-corrected chi connectivity index (χ2v) is 6.14. The first-order valence-electron chi connectivity index (χ1n) is 7.85. The normalized spacial score (nSPS) is 14.1. The Morgan fingerprint density at radius 2 is 2.21 bits per heavy atom. The summed E-state index contributed by atoms with van der Waals surface area (Å²) in [6.07, 6.45) is 3.64. The van der Waals surface area contributed by atoms with Gasteiger partial charge in [-0.15, -0.1) is 0 Å². The van der Waals surface area contributed by atoms with Crippen molar-refractivity contribution < 1.29 is 9.18 Å². The van der Waals surface area contributed by atoms with Crippen molar-refractivity contribution >= 4 is 16.8 Å². The summed E-state index contributed by atoms with van der Waals surface area (Å²) >= 11 is 0. The number of amides is 1. The zero-order valence-corrected chi connectivity index (χ0v) is 13.1. The van der Waals surface area contributed by atoms with E-state index in [1.807, 2.05) is 0 Å². The molecule has 0 atom stereocenters. The molecule has 0 bridgehead atoms. The number of fused-ring (bicyclic) bond motifs is 1. The highest BCUT2D eigenvalue weighted by Crippen LogP contribution is 2.37. The van der Waals surface area contributed by atoms with Crippen LogP contribution in [0, 0.1) is 12.7 Å². The Bertz CT molecular complexity index is 932. The van der Waals surface area contributed by atoms with Crippen LogP contribution in [0.5, 0.6) is 0 Å². The Balaban J connectivity index is 1.49. The van der Waals surface area contributed by atoms with Gasteiger partial charge in [0.2, 0.25) is 0 Å². The van der Waals surface area contributed by atoms with Crippen molar-refractivity contribution in [3.05, 3.63) is 53.0 Å². The van der Waals surface area contributed by atoms with Crippen molar-refractivity contribution in [1.82, 2.24) is 25.5 Å². The van der Waals surface area contributed by atoms with Gasteiger partial charge in [-0.25, -0.2) is 9.37 Å². The lowest BCUT2D eigenvalue weighted by molar-refractivity contribution is 0.0949. The number of rotatable bonds is 4. The SMILES string of the molecule is Cc1cc(F)c2ncc(C(=O)NCc3nc(C4CC4)n[nH]3)cc2c1. The van der Waals surface area contributed by atoms with Gasteiger partial charge in [0.1, 0.15) is 17.2 Å². The van der Waals surface area contributed by atoms with Gasteiger partial charge in [-0.2, -0.15) is 5.10 Å². The fourth-order valence-corrected chi connectivity index (χ4v) is 2.65. The Hall–Kier alpha value is -2.83. The number of carbonyl (C=O) groups excluding carboxylic acids is 1. The van der Waals surface area contributed by atoms with E-state index >= 15 is 0 Å². The van der Waals surface area contributed by atoms with Crippen LogP contribution in [0.1, 0.15) is 46.3 Å². The zero-order chi connectivity index (χ0) is 16.7. The predicted molar refractivity (Wildman–Crippen MR) is 86.0 cm³/mol. The largest absolute Gasteiger partial charge is 0.345 e. The number of benzene rings is 1. The molecule has 1 saturated carbocycles. The number of nitrogens with zero attached hydrogens (tertiary/aromatic N) is 3. The first-order valence-corrected chi connectivity index (χ1v) is 7.85. The zero-order valence-electron chi connectivity index (χ0n) is 13.1. The van der Waals surface area contributed by atoms with E-state index in [9.17, 15) is 9.18 Å². The van der Waals surface area contributed by atoms with E-state index in [1.54, 1.807) is 19.1 Å². The molecule has 1 aliphatic carbocycles. The number of pyridine rings is 1. The highest BCUT2D eigenvalue weighted by Gasteiger charge is 2.27. The molecular weight excluding hydrogens is 309 g/mol. The van der Waals surface area contributed by atoms with Crippen molar-refractivity contribution in [1.29, 1.82) is 0 Å². The molecule has 0 saturated heterocycles. The fourth-order valence-electron chi connectivity index (χ4n) is 2.65. The van der Waals surface area contributed by atoms with E-state index < -0.39 is 0 Å². The molecule has 1 fully saturated rings. The third-order valence-corrected chi connectivity index (χ3v) is 4.05. The highest BCUT2D eigenvalue weighted by atomic mass is 19.1. The molecule has 1 amide bonds. The molecule has 24 heavy (non-hydrogen) atoms. The lowest BCUT2D eigenvalue weighted by atomic mass is 10.1. The summed E-state index contributed by atoms with van der Waals surface area (Å²) in [4.78, 5) is 20.7. The minimum Gasteiger partial charge on any atom is -0.345 e. The fraction of sp³-hybridized carbons (Fsp3) is 0.294. The molecule has 0 unspecified atom stereocenters. The van der Waals surface area contributed by atoms with Gasteiger partial charge in [0.25, 0.3) is 5.91 Å². The molecule has 1 aliphatic rings. The van der Waals surface area contributed by atoms with Gasteiger partial charge in [-0.05, 0) is 43.5 Å². The topological polar surface area (TPSA) is 83.6 Å². The summed E-state index contributed by atoms with van der Waals surface area (Å²) in [7, 11) is 0. The smallest absolute Gasteiger partial charge is 0.253 e. The molecule has 6 nitrogen and oxygen atoms in total. The first kappa shape index (κ1) is 14.7. The lowest BCUT2D eigenvalue weighted by Gasteiger charge is -2.05.